The summed E-state index contributed by atoms with van der Waals surface area (Å²) in [4.78, 5) is 24.4. The molecular formula is C36H45NO5. The van der Waals surface area contributed by atoms with Crippen LogP contribution in [0.2, 0.25) is 0 Å². The number of hydrogen-bond donors (Lipinski definition) is 3. The first-order valence-corrected chi connectivity index (χ1v) is 15.8. The van der Waals surface area contributed by atoms with Crippen molar-refractivity contribution >= 4 is 22.6 Å². The molecule has 0 saturated carbocycles. The number of unbranched alkanes of at least 4 members (excludes halogenated alkanes) is 13. The standard InChI is InChI=1S/C36H45NO5/c1-2-3-4-5-6-7-8-9-10-11-12-13-14-15-22-37-26-16-19-29(32(23-26)36(40)41)35-30-20-17-27(38)24-33(30)42-34-25-28(39)18-21-31(34)35/h16-21,23-25,37-38H,2-15,22H2,1H3,(H,40,41). The summed E-state index contributed by atoms with van der Waals surface area (Å²) in [6.45, 7) is 3.05. The Morgan fingerprint density at radius 3 is 2.00 bits per heavy atom. The Bertz CT molecular complexity index is 1470. The van der Waals surface area contributed by atoms with E-state index in [4.69, 9.17) is 4.42 Å². The highest BCUT2D eigenvalue weighted by Crippen LogP contribution is 2.42. The minimum Gasteiger partial charge on any atom is -0.508 e. The molecule has 3 N–H and O–H groups in total. The Morgan fingerprint density at radius 1 is 0.738 bits per heavy atom. The number of benzene rings is 3. The largest absolute Gasteiger partial charge is 0.508 e. The van der Waals surface area contributed by atoms with E-state index in [1.807, 2.05) is 12.1 Å². The van der Waals surface area contributed by atoms with Crippen LogP contribution in [-0.4, -0.2) is 22.7 Å². The van der Waals surface area contributed by atoms with Crippen molar-refractivity contribution in [2.75, 3.05) is 11.9 Å². The lowest BCUT2D eigenvalue weighted by molar-refractivity contribution is 0.0697. The van der Waals surface area contributed by atoms with Crippen LogP contribution < -0.4 is 10.7 Å². The summed E-state index contributed by atoms with van der Waals surface area (Å²) in [5.41, 5.74) is 2.91. The quantitative estimate of drug-likeness (QED) is 0.0812. The maximum Gasteiger partial charge on any atom is 0.336 e. The Morgan fingerprint density at radius 2 is 1.36 bits per heavy atom. The van der Waals surface area contributed by atoms with Gasteiger partial charge in [-0.3, -0.25) is 4.79 Å². The van der Waals surface area contributed by atoms with E-state index >= 15 is 0 Å². The van der Waals surface area contributed by atoms with Crippen LogP contribution in [0.15, 0.2) is 63.8 Å². The van der Waals surface area contributed by atoms with E-state index in [1.54, 1.807) is 24.3 Å². The SMILES string of the molecule is CCCCCCCCCCCCCCCCNc1ccc(-c2c3ccc(=O)cc-3oc3cc(O)ccc23)c(C(=O)O)c1. The number of phenolic OH excluding ortho intramolecular Hbond substituents is 1. The molecule has 2 aliphatic rings. The molecule has 1 heterocycles. The first kappa shape index (κ1) is 31.1. The van der Waals surface area contributed by atoms with Gasteiger partial charge in [-0.05, 0) is 48.4 Å². The number of aromatic carboxylic acids is 1. The third-order valence-electron chi connectivity index (χ3n) is 8.06. The fourth-order valence-electron chi connectivity index (χ4n) is 5.75. The molecule has 0 unspecified atom stereocenters. The van der Waals surface area contributed by atoms with Crippen LogP contribution in [0.4, 0.5) is 5.69 Å². The molecule has 0 aromatic heterocycles. The number of anilines is 1. The number of aromatic hydroxyl groups is 1. The predicted molar refractivity (Wildman–Crippen MR) is 172 cm³/mol. The minimum absolute atomic E-state index is 0.0244. The molecule has 0 atom stereocenters. The summed E-state index contributed by atoms with van der Waals surface area (Å²) in [6, 6.07) is 14.6. The van der Waals surface area contributed by atoms with E-state index in [-0.39, 0.29) is 16.7 Å². The second kappa shape index (κ2) is 16.0. The van der Waals surface area contributed by atoms with Crippen molar-refractivity contribution in [1.82, 2.24) is 0 Å². The molecule has 6 heteroatoms. The first-order valence-electron chi connectivity index (χ1n) is 15.8. The van der Waals surface area contributed by atoms with Gasteiger partial charge in [-0.1, -0.05) is 96.5 Å². The fraction of sp³-hybridized carbons (Fsp3) is 0.444. The molecule has 2 aromatic carbocycles. The molecule has 4 rings (SSSR count). The van der Waals surface area contributed by atoms with Crippen molar-refractivity contribution in [3.8, 4) is 28.2 Å². The number of carbonyl (C=O) groups is 1. The molecule has 2 aromatic rings. The minimum atomic E-state index is -1.04. The predicted octanol–water partition coefficient (Wildman–Crippen LogP) is 9.86. The van der Waals surface area contributed by atoms with Crippen molar-refractivity contribution in [3.05, 3.63) is 70.4 Å². The monoisotopic (exact) mass is 571 g/mol. The molecule has 0 radical (unpaired) electrons. The number of hydrogen-bond acceptors (Lipinski definition) is 5. The van der Waals surface area contributed by atoms with E-state index in [0.29, 0.717) is 33.4 Å². The maximum atomic E-state index is 12.4. The first-order chi connectivity index (χ1) is 20.5. The van der Waals surface area contributed by atoms with Gasteiger partial charge in [-0.15, -0.1) is 0 Å². The van der Waals surface area contributed by atoms with Gasteiger partial charge in [0, 0.05) is 40.9 Å². The smallest absolute Gasteiger partial charge is 0.336 e. The fourth-order valence-corrected chi connectivity index (χ4v) is 5.75. The second-order valence-electron chi connectivity index (χ2n) is 11.4. The van der Waals surface area contributed by atoms with Gasteiger partial charge in [0.2, 0.25) is 0 Å². The van der Waals surface area contributed by atoms with E-state index in [0.717, 1.165) is 25.1 Å². The topological polar surface area (TPSA) is 99.8 Å². The van der Waals surface area contributed by atoms with Gasteiger partial charge in [-0.2, -0.15) is 0 Å². The van der Waals surface area contributed by atoms with Gasteiger partial charge >= 0.3 is 5.97 Å². The van der Waals surface area contributed by atoms with Crippen LogP contribution in [0.5, 0.6) is 5.75 Å². The molecule has 0 spiro atoms. The summed E-state index contributed by atoms with van der Waals surface area (Å²) in [5, 5.41) is 24.2. The molecule has 0 amide bonds. The van der Waals surface area contributed by atoms with Crippen LogP contribution in [0.3, 0.4) is 0 Å². The van der Waals surface area contributed by atoms with Crippen LogP contribution in [0, 0.1) is 0 Å². The number of phenols is 1. The average molecular weight is 572 g/mol. The van der Waals surface area contributed by atoms with E-state index in [2.05, 4.69) is 12.2 Å². The van der Waals surface area contributed by atoms with Gasteiger partial charge < -0.3 is 19.9 Å². The Hall–Kier alpha value is -3.80. The lowest BCUT2D eigenvalue weighted by atomic mass is 9.90. The van der Waals surface area contributed by atoms with E-state index < -0.39 is 5.97 Å². The van der Waals surface area contributed by atoms with Crippen molar-refractivity contribution in [2.24, 2.45) is 0 Å². The second-order valence-corrected chi connectivity index (χ2v) is 11.4. The van der Waals surface area contributed by atoms with Crippen LogP contribution in [-0.2, 0) is 0 Å². The number of carboxylic acid groups (broad SMARTS) is 1. The van der Waals surface area contributed by atoms with Crippen molar-refractivity contribution in [2.45, 2.75) is 96.8 Å². The van der Waals surface area contributed by atoms with Gasteiger partial charge in [0.25, 0.3) is 0 Å². The third kappa shape index (κ3) is 8.60. The molecule has 0 fully saturated rings. The Balaban J connectivity index is 1.31. The van der Waals surface area contributed by atoms with Gasteiger partial charge in [0.05, 0.1) is 5.56 Å². The summed E-state index contributed by atoms with van der Waals surface area (Å²) in [6.07, 6.45) is 18.4. The lowest BCUT2D eigenvalue weighted by Crippen LogP contribution is -2.06. The number of rotatable bonds is 18. The third-order valence-corrected chi connectivity index (χ3v) is 8.06. The molecule has 0 bridgehead atoms. The van der Waals surface area contributed by atoms with E-state index in [1.165, 1.54) is 95.2 Å². The molecular weight excluding hydrogens is 526 g/mol. The average Bonchev–Trinajstić information content (AvgIpc) is 2.97. The van der Waals surface area contributed by atoms with Gasteiger partial charge in [-0.25, -0.2) is 4.79 Å². The Labute approximate surface area is 249 Å². The van der Waals surface area contributed by atoms with Crippen LogP contribution in [0.25, 0.3) is 33.4 Å². The van der Waals surface area contributed by atoms with E-state index in [9.17, 15) is 19.8 Å². The van der Waals surface area contributed by atoms with Crippen molar-refractivity contribution in [1.29, 1.82) is 0 Å². The zero-order chi connectivity index (χ0) is 29.7. The summed E-state index contributed by atoms with van der Waals surface area (Å²) in [5.74, 6) is -0.672. The molecule has 0 saturated heterocycles. The summed E-state index contributed by atoms with van der Waals surface area (Å²) < 4.78 is 5.91. The highest BCUT2D eigenvalue weighted by atomic mass is 16.4. The van der Waals surface area contributed by atoms with Gasteiger partial charge in [0.1, 0.15) is 17.1 Å². The summed E-state index contributed by atoms with van der Waals surface area (Å²) in [7, 11) is 0. The lowest BCUT2D eigenvalue weighted by Gasteiger charge is -2.17. The molecule has 42 heavy (non-hydrogen) atoms. The number of carboxylic acids is 1. The molecule has 6 nitrogen and oxygen atoms in total. The van der Waals surface area contributed by atoms with Crippen LogP contribution >= 0.6 is 0 Å². The molecule has 1 aliphatic heterocycles. The summed E-state index contributed by atoms with van der Waals surface area (Å²) >= 11 is 0. The normalized spacial score (nSPS) is 11.4. The zero-order valence-electron chi connectivity index (χ0n) is 24.9. The van der Waals surface area contributed by atoms with Gasteiger partial charge in [0.15, 0.2) is 5.43 Å². The molecule has 224 valence electrons. The Kier molecular flexibility index (Phi) is 11.9. The number of nitrogens with one attached hydrogen (secondary N) is 1. The van der Waals surface area contributed by atoms with Crippen molar-refractivity contribution < 1.29 is 19.4 Å². The highest BCUT2D eigenvalue weighted by molar-refractivity contribution is 6.08. The zero-order valence-corrected chi connectivity index (χ0v) is 24.9. The van der Waals surface area contributed by atoms with Crippen LogP contribution in [0.1, 0.15) is 107 Å². The maximum absolute atomic E-state index is 12.4. The molecule has 1 aliphatic carbocycles. The number of fused-ring (bicyclic) bond motifs is 2. The highest BCUT2D eigenvalue weighted by Gasteiger charge is 2.22. The van der Waals surface area contributed by atoms with Crippen molar-refractivity contribution in [3.63, 3.8) is 0 Å².